The van der Waals surface area contributed by atoms with Crippen LogP contribution in [0.1, 0.15) is 17.7 Å². The molecule has 0 bridgehead atoms. The summed E-state index contributed by atoms with van der Waals surface area (Å²) in [4.78, 5) is 13.0. The summed E-state index contributed by atoms with van der Waals surface area (Å²) in [6.07, 6.45) is 1.79. The fourth-order valence-electron chi connectivity index (χ4n) is 1.75. The molecular weight excluding hydrogens is 276 g/mol. The van der Waals surface area contributed by atoms with Gasteiger partial charge in [0, 0.05) is 5.25 Å². The molecule has 0 aliphatic carbocycles. The maximum Gasteiger partial charge on any atom is 0.190 e. The highest BCUT2D eigenvalue weighted by atomic mass is 32.2. The maximum absolute atomic E-state index is 5.67. The third kappa shape index (κ3) is 2.69. The Hall–Kier alpha value is -1.66. The van der Waals surface area contributed by atoms with Gasteiger partial charge in [0.2, 0.25) is 0 Å². The number of thioether (sulfide) groups is 1. The van der Waals surface area contributed by atoms with Crippen molar-refractivity contribution in [1.82, 2.24) is 15.0 Å². The summed E-state index contributed by atoms with van der Waals surface area (Å²) in [6, 6.07) is 10.3. The monoisotopic (exact) mass is 288 g/mol. The van der Waals surface area contributed by atoms with Crippen LogP contribution in [0.2, 0.25) is 0 Å². The number of hydrogen-bond donors (Lipinski definition) is 1. The number of fused-ring (bicyclic) bond motifs is 1. The van der Waals surface area contributed by atoms with E-state index in [9.17, 15) is 0 Å². The van der Waals surface area contributed by atoms with E-state index < -0.39 is 0 Å². The van der Waals surface area contributed by atoms with Gasteiger partial charge in [-0.15, -0.1) is 0 Å². The van der Waals surface area contributed by atoms with E-state index in [1.54, 1.807) is 18.0 Å². The first kappa shape index (κ1) is 12.4. The first-order valence-electron chi connectivity index (χ1n) is 5.83. The van der Waals surface area contributed by atoms with Crippen LogP contribution >= 0.6 is 23.1 Å². The SMILES string of the molecule is C[C@@H](Sc1ncc2sc(N)nc2n1)c1ccccc1. The van der Waals surface area contributed by atoms with Crippen LogP contribution in [-0.2, 0) is 0 Å². The summed E-state index contributed by atoms with van der Waals surface area (Å²) < 4.78 is 0.925. The van der Waals surface area contributed by atoms with Crippen molar-refractivity contribution < 1.29 is 0 Å². The predicted molar refractivity (Wildman–Crippen MR) is 80.3 cm³/mol. The number of benzene rings is 1. The quantitative estimate of drug-likeness (QED) is 0.590. The largest absolute Gasteiger partial charge is 0.375 e. The molecule has 2 heterocycles. The third-order valence-electron chi connectivity index (χ3n) is 2.70. The highest BCUT2D eigenvalue weighted by Gasteiger charge is 2.11. The Labute approximate surface area is 119 Å². The molecule has 0 radical (unpaired) electrons. The zero-order valence-corrected chi connectivity index (χ0v) is 11.9. The Morgan fingerprint density at radius 3 is 2.79 bits per heavy atom. The van der Waals surface area contributed by atoms with Gasteiger partial charge in [-0.2, -0.15) is 0 Å². The van der Waals surface area contributed by atoms with E-state index >= 15 is 0 Å². The van der Waals surface area contributed by atoms with Crippen molar-refractivity contribution >= 4 is 38.6 Å². The molecule has 0 amide bonds. The third-order valence-corrected chi connectivity index (χ3v) is 4.54. The standard InChI is InChI=1S/C13H12N4S2/c1-8(9-5-3-2-4-6-9)18-13-15-7-10-11(17-13)16-12(14)19-10/h2-8H,1H3,(H2,14,15,16,17)/t8-/m1/s1. The molecule has 19 heavy (non-hydrogen) atoms. The van der Waals surface area contributed by atoms with Crippen LogP contribution in [-0.4, -0.2) is 15.0 Å². The molecule has 96 valence electrons. The van der Waals surface area contributed by atoms with Gasteiger partial charge in [0.25, 0.3) is 0 Å². The Balaban J connectivity index is 1.85. The number of nitrogen functional groups attached to an aromatic ring is 1. The van der Waals surface area contributed by atoms with Gasteiger partial charge in [0.1, 0.15) is 0 Å². The summed E-state index contributed by atoms with van der Waals surface area (Å²) >= 11 is 3.03. The molecule has 0 fully saturated rings. The van der Waals surface area contributed by atoms with E-state index in [1.165, 1.54) is 16.9 Å². The molecule has 0 spiro atoms. The second kappa shape index (κ2) is 5.14. The highest BCUT2D eigenvalue weighted by molar-refractivity contribution is 7.99. The van der Waals surface area contributed by atoms with Crippen molar-refractivity contribution in [3.8, 4) is 0 Å². The summed E-state index contributed by atoms with van der Waals surface area (Å²) in [7, 11) is 0. The van der Waals surface area contributed by atoms with Crippen LogP contribution in [0.4, 0.5) is 5.13 Å². The van der Waals surface area contributed by atoms with Crippen LogP contribution in [0, 0.1) is 0 Å². The van der Waals surface area contributed by atoms with E-state index in [-0.39, 0.29) is 0 Å². The van der Waals surface area contributed by atoms with Crippen LogP contribution in [0.25, 0.3) is 10.3 Å². The van der Waals surface area contributed by atoms with Crippen LogP contribution < -0.4 is 5.73 Å². The molecule has 0 aliphatic rings. The van der Waals surface area contributed by atoms with E-state index in [0.29, 0.717) is 16.0 Å². The average molecular weight is 288 g/mol. The van der Waals surface area contributed by atoms with E-state index in [4.69, 9.17) is 5.73 Å². The lowest BCUT2D eigenvalue weighted by atomic mass is 10.2. The van der Waals surface area contributed by atoms with Crippen molar-refractivity contribution in [2.45, 2.75) is 17.3 Å². The molecule has 1 aromatic carbocycles. The molecule has 0 saturated heterocycles. The van der Waals surface area contributed by atoms with Gasteiger partial charge < -0.3 is 5.73 Å². The van der Waals surface area contributed by atoms with Crippen molar-refractivity contribution in [2.24, 2.45) is 0 Å². The number of hydrogen-bond acceptors (Lipinski definition) is 6. The lowest BCUT2D eigenvalue weighted by Crippen LogP contribution is -1.92. The molecule has 3 aromatic rings. The van der Waals surface area contributed by atoms with Crippen LogP contribution in [0.3, 0.4) is 0 Å². The molecule has 1 atom stereocenters. The van der Waals surface area contributed by atoms with E-state index in [1.807, 2.05) is 18.2 Å². The fraction of sp³-hybridized carbons (Fsp3) is 0.154. The lowest BCUT2D eigenvalue weighted by molar-refractivity contribution is 0.976. The van der Waals surface area contributed by atoms with E-state index in [0.717, 1.165) is 9.86 Å². The van der Waals surface area contributed by atoms with Gasteiger partial charge in [0.15, 0.2) is 15.9 Å². The molecule has 4 nitrogen and oxygen atoms in total. The fourth-order valence-corrected chi connectivity index (χ4v) is 3.25. The molecule has 2 aromatic heterocycles. The van der Waals surface area contributed by atoms with Crippen molar-refractivity contribution in [3.63, 3.8) is 0 Å². The Morgan fingerprint density at radius 2 is 2.00 bits per heavy atom. The summed E-state index contributed by atoms with van der Waals surface area (Å²) in [5.74, 6) is 0. The molecule has 0 unspecified atom stereocenters. The number of nitrogens with zero attached hydrogens (tertiary/aromatic N) is 3. The van der Waals surface area contributed by atoms with Gasteiger partial charge >= 0.3 is 0 Å². The van der Waals surface area contributed by atoms with Gasteiger partial charge in [-0.3, -0.25) is 0 Å². The maximum atomic E-state index is 5.67. The number of thiazole rings is 1. The summed E-state index contributed by atoms with van der Waals surface area (Å²) in [6.45, 7) is 2.14. The first-order chi connectivity index (χ1) is 9.22. The van der Waals surface area contributed by atoms with Crippen LogP contribution in [0.15, 0.2) is 41.7 Å². The van der Waals surface area contributed by atoms with Crippen molar-refractivity contribution in [3.05, 3.63) is 42.1 Å². The summed E-state index contributed by atoms with van der Waals surface area (Å²) in [5.41, 5.74) is 7.60. The van der Waals surface area contributed by atoms with Gasteiger partial charge in [0.05, 0.1) is 10.9 Å². The predicted octanol–water partition coefficient (Wildman–Crippen LogP) is 3.52. The minimum atomic E-state index is 0.301. The number of aromatic nitrogens is 3. The summed E-state index contributed by atoms with van der Waals surface area (Å²) in [5, 5.41) is 1.56. The second-order valence-electron chi connectivity index (χ2n) is 4.06. The van der Waals surface area contributed by atoms with Gasteiger partial charge in [-0.05, 0) is 12.5 Å². The minimum Gasteiger partial charge on any atom is -0.375 e. The van der Waals surface area contributed by atoms with E-state index in [2.05, 4.69) is 34.0 Å². The first-order valence-corrected chi connectivity index (χ1v) is 7.52. The Bertz CT molecular complexity index is 696. The number of anilines is 1. The second-order valence-corrected chi connectivity index (χ2v) is 6.43. The van der Waals surface area contributed by atoms with Crippen molar-refractivity contribution in [2.75, 3.05) is 5.73 Å². The number of nitrogens with two attached hydrogens (primary N) is 1. The van der Waals surface area contributed by atoms with Crippen LogP contribution in [0.5, 0.6) is 0 Å². The molecule has 0 saturated carbocycles. The molecule has 2 N–H and O–H groups in total. The topological polar surface area (TPSA) is 64.7 Å². The Kier molecular flexibility index (Phi) is 3.35. The van der Waals surface area contributed by atoms with Crippen molar-refractivity contribution in [1.29, 1.82) is 0 Å². The van der Waals surface area contributed by atoms with Gasteiger partial charge in [-0.1, -0.05) is 53.4 Å². The molecule has 3 rings (SSSR count). The molecule has 0 aliphatic heterocycles. The average Bonchev–Trinajstić information content (AvgIpc) is 2.79. The molecular formula is C13H12N4S2. The normalized spacial score (nSPS) is 12.7. The smallest absolute Gasteiger partial charge is 0.190 e. The highest BCUT2D eigenvalue weighted by Crippen LogP contribution is 2.33. The molecule has 6 heteroatoms. The van der Waals surface area contributed by atoms with Gasteiger partial charge in [-0.25, -0.2) is 15.0 Å². The lowest BCUT2D eigenvalue weighted by Gasteiger charge is -2.09. The Morgan fingerprint density at radius 1 is 1.21 bits per heavy atom. The zero-order chi connectivity index (χ0) is 13.2. The minimum absolute atomic E-state index is 0.301. The number of rotatable bonds is 3. The zero-order valence-electron chi connectivity index (χ0n) is 10.3.